The fourth-order valence-corrected chi connectivity index (χ4v) is 9.71. The Balaban J connectivity index is 1.17. The second-order valence-electron chi connectivity index (χ2n) is 11.6. The minimum absolute atomic E-state index is 0.00159. The van der Waals surface area contributed by atoms with Gasteiger partial charge in [0, 0.05) is 0 Å². The van der Waals surface area contributed by atoms with E-state index in [-0.39, 0.29) is 41.7 Å². The van der Waals surface area contributed by atoms with Crippen molar-refractivity contribution in [3.05, 3.63) is 140 Å². The minimum Gasteiger partial charge on any atom is -0.497 e. The molecule has 6 aromatic carbocycles. The molecule has 0 atom stereocenters. The lowest BCUT2D eigenvalue weighted by Crippen LogP contribution is -2.07. The lowest BCUT2D eigenvalue weighted by molar-refractivity contribution is 0.414. The van der Waals surface area contributed by atoms with Crippen LogP contribution in [-0.4, -0.2) is 52.4 Å². The second kappa shape index (κ2) is 15.2. The van der Waals surface area contributed by atoms with Crippen LogP contribution in [0, 0.1) is 0 Å². The van der Waals surface area contributed by atoms with Crippen molar-refractivity contribution in [2.75, 3.05) is 14.2 Å². The van der Waals surface area contributed by atoms with Gasteiger partial charge in [0.15, 0.2) is 0 Å². The maximum absolute atomic E-state index is 13.5. The number of sulfone groups is 3. The molecule has 17 heteroatoms. The third-order valence-electron chi connectivity index (χ3n) is 8.11. The predicted octanol–water partition coefficient (Wildman–Crippen LogP) is 7.03. The van der Waals surface area contributed by atoms with Gasteiger partial charge in [-0.25, -0.2) is 25.3 Å². The summed E-state index contributed by atoms with van der Waals surface area (Å²) in [5, 5.41) is 0. The molecule has 0 aromatic heterocycles. The summed E-state index contributed by atoms with van der Waals surface area (Å²) in [7, 11) is -14.2. The standard InChI is InChI=1S/C38H30O13S4/c1-48-26-3-13-31(14-4-26)52(39,40)33-17-7-28(8-18-33)50-29-9-19-35(20-10-29)54(43,44)36-23-24-37(38(25-36)55(45,46)47)51-30-11-21-34(22-12-30)53(41,42)32-15-5-27(49-2)6-16-32/h3-25H,1-2H3,(H,45,46,47). The highest BCUT2D eigenvalue weighted by atomic mass is 32.2. The van der Waals surface area contributed by atoms with Crippen molar-refractivity contribution in [1.82, 2.24) is 0 Å². The highest BCUT2D eigenvalue weighted by Gasteiger charge is 2.25. The van der Waals surface area contributed by atoms with Crippen LogP contribution in [0.15, 0.2) is 174 Å². The third kappa shape index (κ3) is 8.35. The lowest BCUT2D eigenvalue weighted by atomic mass is 10.3. The van der Waals surface area contributed by atoms with Gasteiger partial charge in [-0.2, -0.15) is 8.42 Å². The molecule has 0 fully saturated rings. The number of benzene rings is 6. The number of methoxy groups -OCH3 is 2. The monoisotopic (exact) mass is 822 g/mol. The van der Waals surface area contributed by atoms with Crippen molar-refractivity contribution in [2.24, 2.45) is 0 Å². The van der Waals surface area contributed by atoms with Crippen molar-refractivity contribution in [3.63, 3.8) is 0 Å². The molecule has 0 unspecified atom stereocenters. The Bertz CT molecular complexity index is 2790. The maximum atomic E-state index is 13.5. The van der Waals surface area contributed by atoms with E-state index >= 15 is 0 Å². The fraction of sp³-hybridized carbons (Fsp3) is 0.0526. The fourth-order valence-electron chi connectivity index (χ4n) is 5.18. The lowest BCUT2D eigenvalue weighted by Gasteiger charge is -2.13. The molecular formula is C38H30O13S4. The quantitative estimate of drug-likeness (QED) is 0.117. The summed E-state index contributed by atoms with van der Waals surface area (Å²) in [6.45, 7) is 0. The van der Waals surface area contributed by atoms with Crippen LogP contribution in [0.3, 0.4) is 0 Å². The summed E-state index contributed by atoms with van der Waals surface area (Å²) in [5.74, 6) is 1.05. The molecule has 1 N–H and O–H groups in total. The smallest absolute Gasteiger partial charge is 0.298 e. The van der Waals surface area contributed by atoms with Gasteiger partial charge in [-0.1, -0.05) is 0 Å². The topological polar surface area (TPSA) is 194 Å². The largest absolute Gasteiger partial charge is 0.497 e. The molecule has 0 bridgehead atoms. The van der Waals surface area contributed by atoms with Crippen molar-refractivity contribution in [3.8, 4) is 34.5 Å². The Morgan fingerprint density at radius 1 is 0.364 bits per heavy atom. The van der Waals surface area contributed by atoms with Gasteiger partial charge < -0.3 is 18.9 Å². The van der Waals surface area contributed by atoms with E-state index < -0.39 is 55.2 Å². The van der Waals surface area contributed by atoms with Crippen molar-refractivity contribution in [2.45, 2.75) is 34.3 Å². The molecular weight excluding hydrogens is 793 g/mol. The van der Waals surface area contributed by atoms with E-state index in [1.807, 2.05) is 0 Å². The van der Waals surface area contributed by atoms with Gasteiger partial charge in [0.05, 0.1) is 43.6 Å². The van der Waals surface area contributed by atoms with E-state index in [0.29, 0.717) is 11.5 Å². The van der Waals surface area contributed by atoms with E-state index in [1.165, 1.54) is 136 Å². The van der Waals surface area contributed by atoms with E-state index in [4.69, 9.17) is 18.9 Å². The van der Waals surface area contributed by atoms with E-state index in [2.05, 4.69) is 0 Å². The Kier molecular flexibility index (Phi) is 10.8. The first-order chi connectivity index (χ1) is 26.0. The second-order valence-corrected chi connectivity index (χ2v) is 18.8. The van der Waals surface area contributed by atoms with Crippen molar-refractivity contribution in [1.29, 1.82) is 0 Å². The van der Waals surface area contributed by atoms with Crippen LogP contribution in [0.1, 0.15) is 0 Å². The number of rotatable bonds is 13. The molecule has 55 heavy (non-hydrogen) atoms. The molecule has 0 heterocycles. The Morgan fingerprint density at radius 3 is 0.945 bits per heavy atom. The summed E-state index contributed by atoms with van der Waals surface area (Å²) in [5.41, 5.74) is 0. The van der Waals surface area contributed by atoms with Crippen LogP contribution in [0.2, 0.25) is 0 Å². The maximum Gasteiger partial charge on any atom is 0.298 e. The summed E-state index contributed by atoms with van der Waals surface area (Å²) in [6.07, 6.45) is 0. The molecule has 284 valence electrons. The summed E-state index contributed by atoms with van der Waals surface area (Å²) in [6, 6.07) is 30.5. The summed E-state index contributed by atoms with van der Waals surface area (Å²) >= 11 is 0. The van der Waals surface area contributed by atoms with Crippen LogP contribution in [0.25, 0.3) is 0 Å². The normalized spacial score (nSPS) is 12.1. The van der Waals surface area contributed by atoms with Gasteiger partial charge in [-0.3, -0.25) is 4.55 Å². The van der Waals surface area contributed by atoms with Crippen molar-refractivity contribution >= 4 is 39.6 Å². The summed E-state index contributed by atoms with van der Waals surface area (Å²) in [4.78, 5) is -1.51. The van der Waals surface area contributed by atoms with Gasteiger partial charge in [0.25, 0.3) is 10.1 Å². The van der Waals surface area contributed by atoms with Gasteiger partial charge >= 0.3 is 0 Å². The molecule has 6 aromatic rings. The third-order valence-corrected chi connectivity index (χ3v) is 14.3. The van der Waals surface area contributed by atoms with Crippen LogP contribution < -0.4 is 18.9 Å². The Labute approximate surface area is 317 Å². The number of hydrogen-bond acceptors (Lipinski definition) is 12. The molecule has 0 radical (unpaired) electrons. The van der Waals surface area contributed by atoms with E-state index in [0.717, 1.165) is 18.2 Å². The average Bonchev–Trinajstić information content (AvgIpc) is 3.18. The Morgan fingerprint density at radius 2 is 0.636 bits per heavy atom. The Hall–Kier alpha value is -5.72. The first-order valence-electron chi connectivity index (χ1n) is 15.8. The molecule has 0 aliphatic heterocycles. The molecule has 0 amide bonds. The zero-order valence-corrected chi connectivity index (χ0v) is 32.0. The highest BCUT2D eigenvalue weighted by Crippen LogP contribution is 2.35. The zero-order chi connectivity index (χ0) is 39.6. The van der Waals surface area contributed by atoms with E-state index in [1.54, 1.807) is 0 Å². The highest BCUT2D eigenvalue weighted by molar-refractivity contribution is 7.92. The van der Waals surface area contributed by atoms with Crippen LogP contribution in [-0.2, 0) is 39.6 Å². The van der Waals surface area contributed by atoms with Gasteiger partial charge in [0.1, 0.15) is 39.4 Å². The summed E-state index contributed by atoms with van der Waals surface area (Å²) < 4.78 is 136. The van der Waals surface area contributed by atoms with Gasteiger partial charge in [-0.05, 0) is 140 Å². The molecule has 0 saturated heterocycles. The number of hydrogen-bond donors (Lipinski definition) is 1. The minimum atomic E-state index is -5.02. The van der Waals surface area contributed by atoms with Crippen molar-refractivity contribution < 1.29 is 57.2 Å². The van der Waals surface area contributed by atoms with Crippen LogP contribution in [0.5, 0.6) is 34.5 Å². The zero-order valence-electron chi connectivity index (χ0n) is 28.8. The van der Waals surface area contributed by atoms with E-state index in [9.17, 15) is 38.2 Å². The molecule has 0 aliphatic carbocycles. The first-order valence-corrected chi connectivity index (χ1v) is 21.7. The average molecular weight is 823 g/mol. The molecule has 6 rings (SSSR count). The van der Waals surface area contributed by atoms with Gasteiger partial charge in [-0.15, -0.1) is 0 Å². The molecule has 0 spiro atoms. The predicted molar refractivity (Wildman–Crippen MR) is 198 cm³/mol. The first kappa shape index (κ1) is 39.0. The van der Waals surface area contributed by atoms with Gasteiger partial charge in [0.2, 0.25) is 29.5 Å². The molecule has 13 nitrogen and oxygen atoms in total. The number of ether oxygens (including phenoxy) is 4. The SMILES string of the molecule is COc1ccc(S(=O)(=O)c2ccc(Oc3ccc(S(=O)(=O)c4ccc(Oc5ccc(S(=O)(=O)c6ccc(OC)cc6)cc5)c(S(=O)(=O)O)c4)cc3)cc2)cc1. The van der Waals surface area contributed by atoms with Crippen LogP contribution in [0.4, 0.5) is 0 Å². The van der Waals surface area contributed by atoms with Crippen LogP contribution >= 0.6 is 0 Å². The molecule has 0 saturated carbocycles. The molecule has 0 aliphatic rings.